The van der Waals surface area contributed by atoms with E-state index in [1.807, 2.05) is 18.2 Å². The van der Waals surface area contributed by atoms with Gasteiger partial charge in [0.05, 0.1) is 0 Å². The van der Waals surface area contributed by atoms with Crippen LogP contribution in [0.4, 0.5) is 17.1 Å². The van der Waals surface area contributed by atoms with Gasteiger partial charge >= 0.3 is 0 Å². The van der Waals surface area contributed by atoms with Gasteiger partial charge in [-0.1, -0.05) is 91.0 Å². The molecule has 0 fully saturated rings. The molecule has 2 heterocycles. The highest BCUT2D eigenvalue weighted by molar-refractivity contribution is 6.08. The lowest BCUT2D eigenvalue weighted by Gasteiger charge is -2.28. The van der Waals surface area contributed by atoms with Gasteiger partial charge in [-0.25, -0.2) is 0 Å². The summed E-state index contributed by atoms with van der Waals surface area (Å²) in [6, 6.07) is 56.0. The van der Waals surface area contributed by atoms with Crippen LogP contribution in [0.25, 0.3) is 55.0 Å². The van der Waals surface area contributed by atoms with Crippen molar-refractivity contribution in [2.24, 2.45) is 0 Å². The fourth-order valence-electron chi connectivity index (χ4n) is 7.86. The molecule has 7 aromatic carbocycles. The predicted octanol–water partition coefficient (Wildman–Crippen LogP) is 12.3. The van der Waals surface area contributed by atoms with Crippen molar-refractivity contribution in [1.82, 2.24) is 0 Å². The second kappa shape index (κ2) is 9.72. The Kier molecular flexibility index (Phi) is 5.41. The maximum absolute atomic E-state index is 6.57. The van der Waals surface area contributed by atoms with E-state index in [4.69, 9.17) is 8.83 Å². The van der Waals surface area contributed by atoms with Gasteiger partial charge in [0.15, 0.2) is 0 Å². The van der Waals surface area contributed by atoms with Gasteiger partial charge in [0.2, 0.25) is 0 Å². The van der Waals surface area contributed by atoms with Crippen molar-refractivity contribution >= 4 is 60.9 Å². The van der Waals surface area contributed by atoms with Crippen LogP contribution in [0.5, 0.6) is 0 Å². The van der Waals surface area contributed by atoms with Crippen molar-refractivity contribution in [3.63, 3.8) is 0 Å². The minimum atomic E-state index is -0.260. The third-order valence-electron chi connectivity index (χ3n) is 10.1. The van der Waals surface area contributed by atoms with Crippen molar-refractivity contribution in [3.05, 3.63) is 174 Å². The molecule has 0 bridgehead atoms. The Morgan fingerprint density at radius 1 is 0.404 bits per heavy atom. The molecule has 1 aliphatic carbocycles. The molecular formula is C44H29NO2. The minimum Gasteiger partial charge on any atom is -0.456 e. The number of para-hydroxylation sites is 2. The molecule has 222 valence electrons. The van der Waals surface area contributed by atoms with E-state index in [-0.39, 0.29) is 5.41 Å². The van der Waals surface area contributed by atoms with Gasteiger partial charge in [-0.05, 0) is 89.3 Å². The molecule has 10 rings (SSSR count). The second-order valence-electron chi connectivity index (χ2n) is 12.7. The van der Waals surface area contributed by atoms with Crippen LogP contribution >= 0.6 is 0 Å². The number of hydrogen-bond acceptors (Lipinski definition) is 3. The number of rotatable bonds is 4. The maximum atomic E-state index is 6.57. The summed E-state index contributed by atoms with van der Waals surface area (Å²) in [6.07, 6.45) is 0. The molecule has 0 spiro atoms. The van der Waals surface area contributed by atoms with Crippen LogP contribution in [0.2, 0.25) is 0 Å². The van der Waals surface area contributed by atoms with Gasteiger partial charge in [0, 0.05) is 56.2 Å². The summed E-state index contributed by atoms with van der Waals surface area (Å²) in [5.74, 6) is 0. The van der Waals surface area contributed by atoms with Crippen LogP contribution in [0.3, 0.4) is 0 Å². The molecule has 0 unspecified atom stereocenters. The van der Waals surface area contributed by atoms with Gasteiger partial charge < -0.3 is 13.7 Å². The van der Waals surface area contributed by atoms with E-state index in [0.717, 1.165) is 60.9 Å². The topological polar surface area (TPSA) is 29.5 Å². The summed E-state index contributed by atoms with van der Waals surface area (Å²) < 4.78 is 12.9. The lowest BCUT2D eigenvalue weighted by Crippen LogP contribution is -2.22. The molecule has 2 aromatic heterocycles. The Balaban J connectivity index is 1.12. The average Bonchev–Trinajstić information content (AvgIpc) is 3.77. The summed E-state index contributed by atoms with van der Waals surface area (Å²) in [5, 5.41) is 4.47. The van der Waals surface area contributed by atoms with Crippen LogP contribution < -0.4 is 4.90 Å². The molecule has 1 aliphatic rings. The third-order valence-corrected chi connectivity index (χ3v) is 10.1. The normalized spacial score (nSPS) is 13.4. The number of fused-ring (bicyclic) bond motifs is 9. The zero-order valence-electron chi connectivity index (χ0n) is 25.8. The summed E-state index contributed by atoms with van der Waals surface area (Å²) in [7, 11) is 0. The Bertz CT molecular complexity index is 2620. The van der Waals surface area contributed by atoms with Crippen molar-refractivity contribution in [2.45, 2.75) is 12.3 Å². The molecule has 47 heavy (non-hydrogen) atoms. The molecule has 0 saturated heterocycles. The van der Waals surface area contributed by atoms with Gasteiger partial charge in [-0.15, -0.1) is 0 Å². The molecular weight excluding hydrogens is 574 g/mol. The van der Waals surface area contributed by atoms with E-state index < -0.39 is 0 Å². The zero-order valence-corrected chi connectivity index (χ0v) is 25.8. The predicted molar refractivity (Wildman–Crippen MR) is 193 cm³/mol. The smallest absolute Gasteiger partial charge is 0.137 e. The number of nitrogens with zero attached hydrogens (tertiary/aromatic N) is 1. The summed E-state index contributed by atoms with van der Waals surface area (Å²) in [6.45, 7) is 2.36. The molecule has 0 N–H and O–H groups in total. The molecule has 0 saturated carbocycles. The summed E-state index contributed by atoms with van der Waals surface area (Å²) in [4.78, 5) is 2.26. The van der Waals surface area contributed by atoms with Gasteiger partial charge in [0.1, 0.15) is 22.3 Å². The Hall–Kier alpha value is -6.06. The fraction of sp³-hybridized carbons (Fsp3) is 0.0455. The van der Waals surface area contributed by atoms with Crippen molar-refractivity contribution in [1.29, 1.82) is 0 Å². The third kappa shape index (κ3) is 3.74. The Labute approximate surface area is 271 Å². The highest BCUT2D eigenvalue weighted by Crippen LogP contribution is 2.53. The maximum Gasteiger partial charge on any atom is 0.137 e. The Morgan fingerprint density at radius 3 is 1.62 bits per heavy atom. The lowest BCUT2D eigenvalue weighted by molar-refractivity contribution is 0.667. The van der Waals surface area contributed by atoms with Crippen LogP contribution in [-0.2, 0) is 5.41 Å². The minimum absolute atomic E-state index is 0.260. The summed E-state index contributed by atoms with van der Waals surface area (Å²) in [5.41, 5.74) is 12.9. The first kappa shape index (κ1) is 26.2. The SMILES string of the molecule is CC1(c2ccc3oc4cc(N(c5ccccc5)c5ccc6c(c5)oc5ccccc56)ccc4c3c2)c2ccccc2-c2ccccc21. The van der Waals surface area contributed by atoms with E-state index in [0.29, 0.717) is 0 Å². The quantitative estimate of drug-likeness (QED) is 0.200. The average molecular weight is 604 g/mol. The molecule has 0 amide bonds. The standard InChI is InChI=1S/C44H29NO2/c1-44(38-16-8-5-13-32(38)33-14-6-9-17-39(33)44)28-19-24-41-37(25-28)36-23-21-31(27-43(36)47-41)45(29-11-3-2-4-12-29)30-20-22-35-34-15-7-10-18-40(34)46-42(35)26-30/h2-27H,1H3. The number of hydrogen-bond donors (Lipinski definition) is 0. The lowest BCUT2D eigenvalue weighted by atomic mass is 9.74. The molecule has 0 aliphatic heterocycles. The molecule has 0 atom stereocenters. The number of anilines is 3. The van der Waals surface area contributed by atoms with E-state index in [9.17, 15) is 0 Å². The molecule has 3 nitrogen and oxygen atoms in total. The Morgan fingerprint density at radius 2 is 0.936 bits per heavy atom. The van der Waals surface area contributed by atoms with Crippen LogP contribution in [0, 0.1) is 0 Å². The van der Waals surface area contributed by atoms with Crippen LogP contribution in [-0.4, -0.2) is 0 Å². The van der Waals surface area contributed by atoms with Crippen molar-refractivity contribution in [2.75, 3.05) is 4.90 Å². The highest BCUT2D eigenvalue weighted by Gasteiger charge is 2.40. The van der Waals surface area contributed by atoms with Crippen LogP contribution in [0.1, 0.15) is 23.6 Å². The van der Waals surface area contributed by atoms with Crippen molar-refractivity contribution in [3.8, 4) is 11.1 Å². The van der Waals surface area contributed by atoms with E-state index in [2.05, 4.69) is 151 Å². The number of benzene rings is 7. The van der Waals surface area contributed by atoms with E-state index in [1.54, 1.807) is 0 Å². The highest BCUT2D eigenvalue weighted by atomic mass is 16.3. The van der Waals surface area contributed by atoms with Crippen LogP contribution in [0.15, 0.2) is 167 Å². The fourth-order valence-corrected chi connectivity index (χ4v) is 7.86. The van der Waals surface area contributed by atoms with E-state index >= 15 is 0 Å². The largest absolute Gasteiger partial charge is 0.456 e. The monoisotopic (exact) mass is 603 g/mol. The van der Waals surface area contributed by atoms with Gasteiger partial charge in [-0.2, -0.15) is 0 Å². The van der Waals surface area contributed by atoms with E-state index in [1.165, 1.54) is 27.8 Å². The first-order chi connectivity index (χ1) is 23.2. The van der Waals surface area contributed by atoms with Gasteiger partial charge in [0.25, 0.3) is 0 Å². The van der Waals surface area contributed by atoms with Crippen molar-refractivity contribution < 1.29 is 8.83 Å². The molecule has 3 heteroatoms. The number of furan rings is 2. The zero-order chi connectivity index (χ0) is 31.1. The first-order valence-corrected chi connectivity index (χ1v) is 16.1. The second-order valence-corrected chi connectivity index (χ2v) is 12.7. The molecule has 9 aromatic rings. The summed E-state index contributed by atoms with van der Waals surface area (Å²) >= 11 is 0. The molecule has 0 radical (unpaired) electrons. The first-order valence-electron chi connectivity index (χ1n) is 16.1. The van der Waals surface area contributed by atoms with Gasteiger partial charge in [-0.3, -0.25) is 0 Å².